The molecule has 168 valence electrons. The van der Waals surface area contributed by atoms with Crippen LogP contribution >= 0.6 is 0 Å². The summed E-state index contributed by atoms with van der Waals surface area (Å²) < 4.78 is 0. The minimum atomic E-state index is -0.0107. The number of fused-ring (bicyclic) bond motifs is 5. The molecule has 4 saturated carbocycles. The lowest BCUT2D eigenvalue weighted by molar-refractivity contribution is -0.129. The number of aliphatic hydroxyl groups is 1. The van der Waals surface area contributed by atoms with Crippen molar-refractivity contribution in [3.8, 4) is 0 Å². The highest BCUT2D eigenvalue weighted by Gasteiger charge is 2.60. The van der Waals surface area contributed by atoms with Gasteiger partial charge in [-0.3, -0.25) is 0 Å². The van der Waals surface area contributed by atoms with E-state index in [1.807, 2.05) is 0 Å². The molecule has 0 radical (unpaired) electrons. The minimum absolute atomic E-state index is 0.0107. The predicted molar refractivity (Wildman–Crippen MR) is 124 cm³/mol. The van der Waals surface area contributed by atoms with Crippen LogP contribution in [0, 0.1) is 58.2 Å². The Balaban J connectivity index is 1.46. The molecule has 0 aromatic rings. The van der Waals surface area contributed by atoms with Crippen LogP contribution in [0.25, 0.3) is 0 Å². The number of aliphatic hydroxyl groups excluding tert-OH is 1. The lowest BCUT2D eigenvalue weighted by Gasteiger charge is -2.61. The summed E-state index contributed by atoms with van der Waals surface area (Å²) in [6.45, 7) is 15.2. The lowest BCUT2D eigenvalue weighted by atomic mass is 9.44. The van der Waals surface area contributed by atoms with Crippen molar-refractivity contribution < 1.29 is 5.11 Å². The van der Waals surface area contributed by atoms with E-state index in [0.717, 1.165) is 60.2 Å². The van der Waals surface area contributed by atoms with E-state index in [9.17, 15) is 5.11 Å². The van der Waals surface area contributed by atoms with E-state index in [1.165, 1.54) is 57.8 Å². The molecule has 1 nitrogen and oxygen atoms in total. The topological polar surface area (TPSA) is 20.2 Å². The van der Waals surface area contributed by atoms with Crippen molar-refractivity contribution in [3.63, 3.8) is 0 Å². The van der Waals surface area contributed by atoms with Gasteiger partial charge in [-0.05, 0) is 116 Å². The second kappa shape index (κ2) is 8.14. The van der Waals surface area contributed by atoms with Crippen LogP contribution in [0.2, 0.25) is 0 Å². The molecule has 1 heteroatoms. The van der Waals surface area contributed by atoms with Crippen molar-refractivity contribution in [1.29, 1.82) is 0 Å². The fraction of sp³-hybridized carbons (Fsp3) is 1.00. The van der Waals surface area contributed by atoms with Gasteiger partial charge in [0.1, 0.15) is 0 Å². The molecule has 4 aliphatic rings. The first kappa shape index (κ1) is 22.2. The van der Waals surface area contributed by atoms with Crippen LogP contribution in [-0.2, 0) is 0 Å². The van der Waals surface area contributed by atoms with E-state index >= 15 is 0 Å². The van der Waals surface area contributed by atoms with Gasteiger partial charge in [-0.25, -0.2) is 0 Å². The number of rotatable bonds is 5. The summed E-state index contributed by atoms with van der Waals surface area (Å²) in [7, 11) is 0. The van der Waals surface area contributed by atoms with Gasteiger partial charge in [-0.2, -0.15) is 0 Å². The summed E-state index contributed by atoms with van der Waals surface area (Å²) in [4.78, 5) is 0. The summed E-state index contributed by atoms with van der Waals surface area (Å²) in [5.74, 6) is 7.28. The van der Waals surface area contributed by atoms with Gasteiger partial charge < -0.3 is 5.11 Å². The van der Waals surface area contributed by atoms with Gasteiger partial charge in [0.05, 0.1) is 6.10 Å². The number of hydrogen-bond acceptors (Lipinski definition) is 1. The molecule has 0 aromatic carbocycles. The first-order valence-corrected chi connectivity index (χ1v) is 13.3. The van der Waals surface area contributed by atoms with Gasteiger partial charge in [-0.1, -0.05) is 54.4 Å². The van der Waals surface area contributed by atoms with Crippen molar-refractivity contribution in [1.82, 2.24) is 0 Å². The Labute approximate surface area is 181 Å². The maximum atomic E-state index is 10.3. The summed E-state index contributed by atoms with van der Waals surface area (Å²) in [6, 6.07) is 0. The third kappa shape index (κ3) is 3.74. The van der Waals surface area contributed by atoms with Crippen LogP contribution in [0.4, 0.5) is 0 Å². The fourth-order valence-corrected chi connectivity index (χ4v) is 9.27. The average molecular weight is 403 g/mol. The van der Waals surface area contributed by atoms with Crippen LogP contribution in [0.3, 0.4) is 0 Å². The van der Waals surface area contributed by atoms with E-state index in [-0.39, 0.29) is 6.10 Å². The zero-order chi connectivity index (χ0) is 21.0. The largest absolute Gasteiger partial charge is 0.393 e. The molecule has 4 aliphatic carbocycles. The lowest BCUT2D eigenvalue weighted by Crippen LogP contribution is -2.54. The summed E-state index contributed by atoms with van der Waals surface area (Å²) in [5.41, 5.74) is 1.14. The highest BCUT2D eigenvalue weighted by atomic mass is 16.3. The maximum absolute atomic E-state index is 10.3. The van der Waals surface area contributed by atoms with Gasteiger partial charge in [0.15, 0.2) is 0 Å². The normalized spacial score (nSPS) is 49.2. The molecule has 29 heavy (non-hydrogen) atoms. The first-order chi connectivity index (χ1) is 13.7. The van der Waals surface area contributed by atoms with E-state index in [2.05, 4.69) is 41.5 Å². The van der Waals surface area contributed by atoms with Gasteiger partial charge in [0.2, 0.25) is 0 Å². The van der Waals surface area contributed by atoms with Gasteiger partial charge in [0.25, 0.3) is 0 Å². The highest BCUT2D eigenvalue weighted by Crippen LogP contribution is 2.68. The minimum Gasteiger partial charge on any atom is -0.393 e. The van der Waals surface area contributed by atoms with Crippen molar-refractivity contribution in [3.05, 3.63) is 0 Å². The molecule has 1 N–H and O–H groups in total. The first-order valence-electron chi connectivity index (χ1n) is 13.3. The van der Waals surface area contributed by atoms with Crippen molar-refractivity contribution >= 4 is 0 Å². The molecule has 0 spiro atoms. The molecule has 10 atom stereocenters. The highest BCUT2D eigenvalue weighted by molar-refractivity contribution is 5.09. The van der Waals surface area contributed by atoms with E-state index in [4.69, 9.17) is 0 Å². The van der Waals surface area contributed by atoms with E-state index < -0.39 is 0 Å². The molecular formula is C28H50O. The fourth-order valence-electron chi connectivity index (χ4n) is 9.27. The van der Waals surface area contributed by atoms with E-state index in [1.54, 1.807) is 0 Å². The van der Waals surface area contributed by atoms with Crippen LogP contribution in [0.1, 0.15) is 112 Å². The summed E-state index contributed by atoms with van der Waals surface area (Å²) >= 11 is 0. The maximum Gasteiger partial charge on any atom is 0.0543 e. The van der Waals surface area contributed by atoms with Crippen molar-refractivity contribution in [2.75, 3.05) is 0 Å². The van der Waals surface area contributed by atoms with Crippen LogP contribution in [0.5, 0.6) is 0 Å². The molecule has 0 bridgehead atoms. The molecule has 0 aliphatic heterocycles. The Bertz CT molecular complexity index is 569. The third-order valence-electron chi connectivity index (χ3n) is 11.6. The Morgan fingerprint density at radius 2 is 1.48 bits per heavy atom. The Kier molecular flexibility index (Phi) is 6.22. The SMILES string of the molecule is CC(CC[C@H](C)C(C)C)[C@H]1CC[C@H]2[C@@H]3CC[C@H]4C[C@@H](O)CC[C@]4(C)[C@H]3CC[C@]12C. The Morgan fingerprint density at radius 1 is 0.793 bits per heavy atom. The monoisotopic (exact) mass is 402 g/mol. The molecule has 4 fully saturated rings. The van der Waals surface area contributed by atoms with E-state index in [0.29, 0.717) is 10.8 Å². The molecule has 1 unspecified atom stereocenters. The second-order valence-corrected chi connectivity index (χ2v) is 13.1. The molecule has 0 amide bonds. The predicted octanol–water partition coefficient (Wildman–Crippen LogP) is 7.71. The van der Waals surface area contributed by atoms with Gasteiger partial charge >= 0.3 is 0 Å². The summed E-state index contributed by atoms with van der Waals surface area (Å²) in [6.07, 6.45) is 15.1. The van der Waals surface area contributed by atoms with Crippen LogP contribution in [-0.4, -0.2) is 11.2 Å². The number of hydrogen-bond donors (Lipinski definition) is 1. The Hall–Kier alpha value is -0.0400. The van der Waals surface area contributed by atoms with Crippen molar-refractivity contribution in [2.45, 2.75) is 118 Å². The van der Waals surface area contributed by atoms with Crippen LogP contribution in [0.15, 0.2) is 0 Å². The molecule has 0 aromatic heterocycles. The molecule has 4 rings (SSSR count). The standard InChI is InChI=1S/C28H50O/c1-18(2)19(3)7-8-20(4)24-11-12-25-23-10-9-21-17-22(29)13-15-27(21,5)26(23)14-16-28(24,25)6/h18-26,29H,7-17H2,1-6H3/t19-,20?,21-,22-,23-,24+,25-,26-,27-,28+/m0/s1. The quantitative estimate of drug-likeness (QED) is 0.499. The molecular weight excluding hydrogens is 352 g/mol. The Morgan fingerprint density at radius 3 is 2.21 bits per heavy atom. The summed E-state index contributed by atoms with van der Waals surface area (Å²) in [5, 5.41) is 10.3. The van der Waals surface area contributed by atoms with Gasteiger partial charge in [0, 0.05) is 0 Å². The molecule has 0 heterocycles. The smallest absolute Gasteiger partial charge is 0.0543 e. The average Bonchev–Trinajstić information content (AvgIpc) is 3.03. The zero-order valence-corrected chi connectivity index (χ0v) is 20.4. The zero-order valence-electron chi connectivity index (χ0n) is 20.4. The third-order valence-corrected chi connectivity index (χ3v) is 11.6. The van der Waals surface area contributed by atoms with Crippen molar-refractivity contribution in [2.24, 2.45) is 58.2 Å². The van der Waals surface area contributed by atoms with Gasteiger partial charge in [-0.15, -0.1) is 0 Å². The second-order valence-electron chi connectivity index (χ2n) is 13.1. The molecule has 0 saturated heterocycles. The van der Waals surface area contributed by atoms with Crippen LogP contribution < -0.4 is 0 Å².